The van der Waals surface area contributed by atoms with E-state index in [-0.39, 0.29) is 12.1 Å². The minimum Gasteiger partial charge on any atom is -0.363 e. The number of aryl methyl sites for hydroxylation is 1. The van der Waals surface area contributed by atoms with E-state index in [1.807, 2.05) is 43.3 Å². The highest BCUT2D eigenvalue weighted by atomic mass is 16.2. The topological polar surface area (TPSA) is 118 Å². The highest BCUT2D eigenvalue weighted by molar-refractivity contribution is 6.38. The summed E-state index contributed by atoms with van der Waals surface area (Å²) >= 11 is 0. The first-order valence-electron chi connectivity index (χ1n) is 8.75. The number of rotatable bonds is 7. The summed E-state index contributed by atoms with van der Waals surface area (Å²) in [6, 6.07) is 13.4. The fraction of sp³-hybridized carbons (Fsp3) is 0.143. The van der Waals surface area contributed by atoms with Crippen molar-refractivity contribution in [2.45, 2.75) is 19.4 Å². The Kier molecular flexibility index (Phi) is 5.64. The van der Waals surface area contributed by atoms with Crippen LogP contribution in [-0.2, 0) is 16.0 Å². The highest BCUT2D eigenvalue weighted by Crippen LogP contribution is 2.25. The molecule has 7 nitrogen and oxygen atoms in total. The van der Waals surface area contributed by atoms with Gasteiger partial charge < -0.3 is 16.0 Å². The third-order valence-corrected chi connectivity index (χ3v) is 4.37. The van der Waals surface area contributed by atoms with Gasteiger partial charge in [0.05, 0.1) is 5.69 Å². The first kappa shape index (κ1) is 19.0. The molecule has 4 N–H and O–H groups in total. The summed E-state index contributed by atoms with van der Waals surface area (Å²) in [5.74, 6) is -2.45. The lowest BCUT2D eigenvalue weighted by atomic mass is 10.0. The normalized spacial score (nSPS) is 11.6. The maximum absolute atomic E-state index is 12.9. The van der Waals surface area contributed by atoms with Crippen molar-refractivity contribution in [1.29, 1.82) is 0 Å². The van der Waals surface area contributed by atoms with E-state index < -0.39 is 23.6 Å². The van der Waals surface area contributed by atoms with Crippen molar-refractivity contribution in [2.24, 2.45) is 5.73 Å². The Bertz CT molecular complexity index is 997. The predicted molar refractivity (Wildman–Crippen MR) is 104 cm³/mol. The molecule has 1 unspecified atom stereocenters. The molecule has 0 spiro atoms. The van der Waals surface area contributed by atoms with Crippen molar-refractivity contribution in [1.82, 2.24) is 15.3 Å². The zero-order valence-corrected chi connectivity index (χ0v) is 15.3. The van der Waals surface area contributed by atoms with Gasteiger partial charge in [-0.15, -0.1) is 0 Å². The van der Waals surface area contributed by atoms with Gasteiger partial charge in [-0.25, -0.2) is 0 Å². The summed E-state index contributed by atoms with van der Waals surface area (Å²) in [6.45, 7) is 1.85. The second-order valence-electron chi connectivity index (χ2n) is 6.38. The standard InChI is InChI=1S/C21H20N4O3/c1-13-12-24-18(17(13)15-9-5-6-10-23-15)21(28)25-16(19(26)20(22)27)11-14-7-3-2-4-8-14/h2-10,12,16,24H,11H2,1H3,(H2,22,27)(H,25,28). The Balaban J connectivity index is 1.89. The number of pyridine rings is 1. The highest BCUT2D eigenvalue weighted by Gasteiger charge is 2.27. The summed E-state index contributed by atoms with van der Waals surface area (Å²) in [4.78, 5) is 43.8. The van der Waals surface area contributed by atoms with Crippen LogP contribution in [0.15, 0.2) is 60.9 Å². The van der Waals surface area contributed by atoms with E-state index in [4.69, 9.17) is 5.73 Å². The molecule has 2 aromatic heterocycles. The zero-order chi connectivity index (χ0) is 20.1. The molecule has 142 valence electrons. The molecule has 3 rings (SSSR count). The SMILES string of the molecule is Cc1c[nH]c(C(=O)NC(Cc2ccccc2)C(=O)C(N)=O)c1-c1ccccn1. The van der Waals surface area contributed by atoms with Gasteiger partial charge in [-0.05, 0) is 30.2 Å². The predicted octanol–water partition coefficient (Wildman–Crippen LogP) is 1.78. The molecule has 0 radical (unpaired) electrons. The number of hydrogen-bond acceptors (Lipinski definition) is 4. The third kappa shape index (κ3) is 4.15. The van der Waals surface area contributed by atoms with Crippen LogP contribution in [0.5, 0.6) is 0 Å². The molecule has 2 heterocycles. The van der Waals surface area contributed by atoms with E-state index in [2.05, 4.69) is 15.3 Å². The number of ketones is 1. The number of primary amides is 1. The number of nitrogens with two attached hydrogens (primary N) is 1. The van der Waals surface area contributed by atoms with Gasteiger partial charge in [-0.3, -0.25) is 19.4 Å². The van der Waals surface area contributed by atoms with Gasteiger partial charge >= 0.3 is 0 Å². The number of carbonyl (C=O) groups excluding carboxylic acids is 3. The third-order valence-electron chi connectivity index (χ3n) is 4.37. The average Bonchev–Trinajstić information content (AvgIpc) is 3.09. The van der Waals surface area contributed by atoms with E-state index in [1.165, 1.54) is 0 Å². The smallest absolute Gasteiger partial charge is 0.287 e. The summed E-state index contributed by atoms with van der Waals surface area (Å²) in [5.41, 5.74) is 8.35. The summed E-state index contributed by atoms with van der Waals surface area (Å²) in [5, 5.41) is 2.64. The number of carbonyl (C=O) groups is 3. The summed E-state index contributed by atoms with van der Waals surface area (Å²) in [6.07, 6.45) is 3.49. The van der Waals surface area contributed by atoms with Crippen LogP contribution in [0.3, 0.4) is 0 Å². The van der Waals surface area contributed by atoms with Crippen LogP contribution in [0.1, 0.15) is 21.6 Å². The van der Waals surface area contributed by atoms with E-state index in [1.54, 1.807) is 24.5 Å². The average molecular weight is 376 g/mol. The molecule has 2 amide bonds. The fourth-order valence-corrected chi connectivity index (χ4v) is 3.00. The number of aromatic amines is 1. The number of amides is 2. The number of Topliss-reactive ketones (excluding diaryl/α,β-unsaturated/α-hetero) is 1. The first-order chi connectivity index (χ1) is 13.5. The Morgan fingerprint density at radius 2 is 1.82 bits per heavy atom. The lowest BCUT2D eigenvalue weighted by molar-refractivity contribution is -0.137. The largest absolute Gasteiger partial charge is 0.363 e. The van der Waals surface area contributed by atoms with Crippen molar-refractivity contribution >= 4 is 17.6 Å². The van der Waals surface area contributed by atoms with Crippen LogP contribution in [0, 0.1) is 6.92 Å². The molecule has 0 saturated heterocycles. The van der Waals surface area contributed by atoms with Gasteiger partial charge in [0.2, 0.25) is 5.78 Å². The van der Waals surface area contributed by atoms with Gasteiger partial charge in [0.1, 0.15) is 11.7 Å². The number of H-pyrrole nitrogens is 1. The minimum atomic E-state index is -1.09. The van der Waals surface area contributed by atoms with Crippen molar-refractivity contribution in [3.05, 3.63) is 77.7 Å². The number of nitrogens with one attached hydrogen (secondary N) is 2. The van der Waals surface area contributed by atoms with Crippen LogP contribution in [0.4, 0.5) is 0 Å². The van der Waals surface area contributed by atoms with Crippen LogP contribution in [-0.4, -0.2) is 33.6 Å². The van der Waals surface area contributed by atoms with E-state index in [9.17, 15) is 14.4 Å². The van der Waals surface area contributed by atoms with Gasteiger partial charge in [-0.2, -0.15) is 0 Å². The van der Waals surface area contributed by atoms with Gasteiger partial charge in [-0.1, -0.05) is 36.4 Å². The van der Waals surface area contributed by atoms with E-state index in [0.717, 1.165) is 11.1 Å². The quantitative estimate of drug-likeness (QED) is 0.545. The zero-order valence-electron chi connectivity index (χ0n) is 15.3. The molecule has 0 saturated carbocycles. The molecular formula is C21H20N4O3. The lowest BCUT2D eigenvalue weighted by Gasteiger charge is -2.16. The number of hydrogen-bond donors (Lipinski definition) is 3. The van der Waals surface area contributed by atoms with E-state index in [0.29, 0.717) is 11.3 Å². The van der Waals surface area contributed by atoms with Crippen molar-refractivity contribution in [2.75, 3.05) is 0 Å². The fourth-order valence-electron chi connectivity index (χ4n) is 3.00. The first-order valence-corrected chi connectivity index (χ1v) is 8.75. The van der Waals surface area contributed by atoms with Crippen LogP contribution in [0.25, 0.3) is 11.3 Å². The van der Waals surface area contributed by atoms with Gasteiger partial charge in [0, 0.05) is 24.4 Å². The molecule has 3 aromatic rings. The Hall–Kier alpha value is -3.74. The van der Waals surface area contributed by atoms with Crippen LogP contribution >= 0.6 is 0 Å². The molecule has 0 aliphatic carbocycles. The number of nitrogens with zero attached hydrogens (tertiary/aromatic N) is 1. The Morgan fingerprint density at radius 1 is 1.11 bits per heavy atom. The summed E-state index contributed by atoms with van der Waals surface area (Å²) < 4.78 is 0. The molecule has 0 bridgehead atoms. The molecule has 1 atom stereocenters. The van der Waals surface area contributed by atoms with Gasteiger partial charge in [0.15, 0.2) is 0 Å². The molecule has 1 aromatic carbocycles. The molecule has 0 aliphatic heterocycles. The molecular weight excluding hydrogens is 356 g/mol. The Morgan fingerprint density at radius 3 is 2.46 bits per heavy atom. The van der Waals surface area contributed by atoms with Crippen LogP contribution < -0.4 is 11.1 Å². The monoisotopic (exact) mass is 376 g/mol. The number of aromatic nitrogens is 2. The maximum Gasteiger partial charge on any atom is 0.287 e. The number of benzene rings is 1. The molecule has 7 heteroatoms. The summed E-state index contributed by atoms with van der Waals surface area (Å²) in [7, 11) is 0. The Labute approximate surface area is 162 Å². The lowest BCUT2D eigenvalue weighted by Crippen LogP contribution is -2.47. The maximum atomic E-state index is 12.9. The van der Waals surface area contributed by atoms with Gasteiger partial charge in [0.25, 0.3) is 11.8 Å². The molecule has 0 aliphatic rings. The second kappa shape index (κ2) is 8.30. The van der Waals surface area contributed by atoms with Crippen molar-refractivity contribution in [3.8, 4) is 11.3 Å². The molecule has 28 heavy (non-hydrogen) atoms. The van der Waals surface area contributed by atoms with E-state index >= 15 is 0 Å². The van der Waals surface area contributed by atoms with Crippen molar-refractivity contribution < 1.29 is 14.4 Å². The molecule has 0 fully saturated rings. The second-order valence-corrected chi connectivity index (χ2v) is 6.38. The van der Waals surface area contributed by atoms with Crippen LogP contribution in [0.2, 0.25) is 0 Å². The minimum absolute atomic E-state index is 0.160. The van der Waals surface area contributed by atoms with Crippen molar-refractivity contribution in [3.63, 3.8) is 0 Å².